The number of carboxylic acid groups (broad SMARTS) is 1. The molecule has 72 heavy (non-hydrogen) atoms. The lowest BCUT2D eigenvalue weighted by Crippen LogP contribution is -2.46. The summed E-state index contributed by atoms with van der Waals surface area (Å²) in [4.78, 5) is 18.3. The Morgan fingerprint density at radius 1 is 0.806 bits per heavy atom. The fraction of sp³-hybridized carbons (Fsp3) is 0.327. The number of carboxylic acids is 1. The van der Waals surface area contributed by atoms with Crippen LogP contribution in [0.5, 0.6) is 0 Å². The van der Waals surface area contributed by atoms with Gasteiger partial charge in [0, 0.05) is 102 Å². The van der Waals surface area contributed by atoms with Crippen molar-refractivity contribution >= 4 is 71.9 Å². The summed E-state index contributed by atoms with van der Waals surface area (Å²) in [5.41, 5.74) is -0.334. The quantitative estimate of drug-likeness (QED) is 0.0603. The molecule has 8 rings (SSSR count). The number of aromatic carboxylic acids is 1. The third kappa shape index (κ3) is 11.9. The molecule has 6 aromatic rings. The number of nitrogens with one attached hydrogen (secondary N) is 2. The maximum absolute atomic E-state index is 14.3. The van der Waals surface area contributed by atoms with Crippen LogP contribution in [0.15, 0.2) is 136 Å². The second-order valence-corrected chi connectivity index (χ2v) is 23.0. The maximum atomic E-state index is 14.3. The highest BCUT2D eigenvalue weighted by Crippen LogP contribution is 2.42. The molecule has 382 valence electrons. The molecule has 0 radical (unpaired) electrons. The maximum Gasteiger partial charge on any atom is 0.501 e. The monoisotopic (exact) mass is 1060 g/mol. The van der Waals surface area contributed by atoms with E-state index in [1.165, 1.54) is 23.9 Å². The van der Waals surface area contributed by atoms with Gasteiger partial charge >= 0.3 is 11.5 Å². The second-order valence-electron chi connectivity index (χ2n) is 17.9. The fourth-order valence-electron chi connectivity index (χ4n) is 9.37. The minimum atomic E-state index is -6.03. The minimum Gasteiger partial charge on any atom is -0.478 e. The van der Waals surface area contributed by atoms with E-state index in [1.807, 2.05) is 85.1 Å². The van der Waals surface area contributed by atoms with Crippen molar-refractivity contribution in [1.29, 1.82) is 0 Å². The lowest BCUT2D eigenvalue weighted by molar-refractivity contribution is -0.0436. The van der Waals surface area contributed by atoms with Crippen LogP contribution >= 0.6 is 23.4 Å². The van der Waals surface area contributed by atoms with Crippen LogP contribution in [-0.4, -0.2) is 112 Å². The van der Waals surface area contributed by atoms with E-state index in [1.54, 1.807) is 24.3 Å². The Hall–Kier alpha value is -5.70. The van der Waals surface area contributed by atoms with Crippen molar-refractivity contribution in [2.24, 2.45) is 0 Å². The van der Waals surface area contributed by atoms with E-state index in [4.69, 9.17) is 11.6 Å². The Balaban J connectivity index is 0.964. The second kappa shape index (κ2) is 22.2. The molecule has 3 heterocycles. The van der Waals surface area contributed by atoms with E-state index in [9.17, 15) is 45.0 Å². The smallest absolute Gasteiger partial charge is 0.478 e. The van der Waals surface area contributed by atoms with Gasteiger partial charge < -0.3 is 34.8 Å². The van der Waals surface area contributed by atoms with E-state index >= 15 is 0 Å². The lowest BCUT2D eigenvalue weighted by atomic mass is 9.96. The van der Waals surface area contributed by atoms with Crippen molar-refractivity contribution in [3.05, 3.63) is 138 Å². The van der Waals surface area contributed by atoms with Crippen LogP contribution in [0.1, 0.15) is 42.2 Å². The number of likely N-dealkylation sites (tertiary alicyclic amines) is 1. The van der Waals surface area contributed by atoms with E-state index in [0.29, 0.717) is 99.7 Å². The molecule has 0 bridgehead atoms. The molecule has 13 nitrogen and oxygen atoms in total. The normalized spacial score (nSPS) is 15.7. The van der Waals surface area contributed by atoms with Crippen LogP contribution in [0.25, 0.3) is 22.4 Å². The Bertz CT molecular complexity index is 3090. The summed E-state index contributed by atoms with van der Waals surface area (Å²) >= 11 is 7.67. The molecule has 2 saturated heterocycles. The molecule has 1 aromatic heterocycles. The number of alkyl halides is 3. The first-order valence-electron chi connectivity index (χ1n) is 23.6. The number of rotatable bonds is 18. The van der Waals surface area contributed by atoms with Crippen LogP contribution in [0.2, 0.25) is 5.02 Å². The van der Waals surface area contributed by atoms with Crippen molar-refractivity contribution in [1.82, 2.24) is 9.47 Å². The molecule has 2 aliphatic heterocycles. The first-order chi connectivity index (χ1) is 34.3. The van der Waals surface area contributed by atoms with E-state index in [-0.39, 0.29) is 23.0 Å². The number of hydrogen-bond acceptors (Lipinski definition) is 11. The topological polar surface area (TPSA) is 165 Å². The van der Waals surface area contributed by atoms with Crippen molar-refractivity contribution in [3.63, 3.8) is 0 Å². The molecular formula is C52H56ClF3N6O7S3. The van der Waals surface area contributed by atoms with Gasteiger partial charge in [0.2, 0.25) is 0 Å². The lowest BCUT2D eigenvalue weighted by Gasteiger charge is -2.37. The van der Waals surface area contributed by atoms with Crippen LogP contribution in [0.4, 0.5) is 35.9 Å². The van der Waals surface area contributed by atoms with Crippen LogP contribution in [0.3, 0.4) is 0 Å². The average Bonchev–Trinajstić information content (AvgIpc) is 3.67. The summed E-state index contributed by atoms with van der Waals surface area (Å²) in [5.74, 6) is -0.650. The zero-order chi connectivity index (χ0) is 51.4. The molecule has 0 amide bonds. The Kier molecular flexibility index (Phi) is 16.2. The summed E-state index contributed by atoms with van der Waals surface area (Å²) in [5, 5.41) is 24.0. The Morgan fingerprint density at radius 2 is 1.46 bits per heavy atom. The van der Waals surface area contributed by atoms with Gasteiger partial charge in [0.1, 0.15) is 4.90 Å². The number of aliphatic hydroxyl groups excluding tert-OH is 1. The molecule has 1 atom stereocenters. The third-order valence-corrected chi connectivity index (χ3v) is 17.5. The van der Waals surface area contributed by atoms with Gasteiger partial charge in [-0.2, -0.15) is 13.2 Å². The van der Waals surface area contributed by atoms with E-state index in [0.717, 1.165) is 45.2 Å². The predicted octanol–water partition coefficient (Wildman–Crippen LogP) is 10.3. The number of sulfone groups is 1. The van der Waals surface area contributed by atoms with Crippen LogP contribution in [-0.2, 0) is 26.4 Å². The summed E-state index contributed by atoms with van der Waals surface area (Å²) < 4.78 is 101. The van der Waals surface area contributed by atoms with Gasteiger partial charge in [0.05, 0.1) is 27.9 Å². The summed E-state index contributed by atoms with van der Waals surface area (Å²) in [7, 11) is -10.6. The number of aromatic nitrogens is 1. The molecular weight excluding hydrogens is 1010 g/mol. The standard InChI is InChI=1S/C52H56ClF3N6O7S3/c1-3-62-35(2)48(51(64)65)49(50(62)36-12-14-38(53)15-13-36)37-8-7-9-42(32-37)61-30-28-60(29-31-61)41-18-16-39(17-19-41)58-72(68,69)45-20-21-46(47(33-45)71(66,67)52(54,55)56)57-40(34-70-44-10-5-4-6-11-44)22-25-59-26-23-43(63)24-27-59/h4-21,32-33,40,43,57-58,63H,3,22-31,34H2,1-2H3,(H,64,65). The summed E-state index contributed by atoms with van der Waals surface area (Å²) in [6, 6.07) is 33.3. The van der Waals surface area contributed by atoms with Gasteiger partial charge in [-0.05, 0) is 123 Å². The SMILES string of the molecule is CCn1c(C)c(C(=O)O)c(-c2cccc(N3CCN(c4ccc(NS(=O)(=O)c5ccc(NC(CCN6CCC(O)CC6)CSc6ccccc6)c(S(=O)(=O)C(F)(F)F)c5)cc4)CC3)c2)c1-c1ccc(Cl)cc1. The summed E-state index contributed by atoms with van der Waals surface area (Å²) in [6.45, 7) is 8.63. The number of aliphatic hydroxyl groups is 1. The first-order valence-corrected chi connectivity index (χ1v) is 27.9. The number of benzene rings is 5. The number of sulfonamides is 1. The minimum absolute atomic E-state index is 0.116. The number of piperidine rings is 1. The van der Waals surface area contributed by atoms with Gasteiger partial charge in [0.15, 0.2) is 0 Å². The number of halogens is 4. The zero-order valence-electron chi connectivity index (χ0n) is 39.6. The molecule has 2 aliphatic rings. The van der Waals surface area contributed by atoms with E-state index < -0.39 is 47.2 Å². The Labute approximate surface area is 427 Å². The highest BCUT2D eigenvalue weighted by Gasteiger charge is 2.48. The highest BCUT2D eigenvalue weighted by atomic mass is 35.5. The van der Waals surface area contributed by atoms with Gasteiger partial charge in [-0.25, -0.2) is 21.6 Å². The summed E-state index contributed by atoms with van der Waals surface area (Å²) in [6.07, 6.45) is 1.23. The molecule has 20 heteroatoms. The molecule has 0 aliphatic carbocycles. The zero-order valence-corrected chi connectivity index (χ0v) is 42.9. The number of hydrogen-bond donors (Lipinski definition) is 4. The number of nitrogens with zero attached hydrogens (tertiary/aromatic N) is 4. The van der Waals surface area contributed by atoms with Crippen molar-refractivity contribution < 1.29 is 45.0 Å². The molecule has 0 saturated carbocycles. The van der Waals surface area contributed by atoms with E-state index in [2.05, 4.69) is 24.7 Å². The van der Waals surface area contributed by atoms with Crippen LogP contribution in [0, 0.1) is 6.92 Å². The number of anilines is 4. The van der Waals surface area contributed by atoms with Gasteiger partial charge in [-0.1, -0.05) is 54.1 Å². The third-order valence-electron chi connectivity index (χ3n) is 13.2. The number of piperazine rings is 1. The largest absolute Gasteiger partial charge is 0.501 e. The van der Waals surface area contributed by atoms with Crippen LogP contribution < -0.4 is 19.8 Å². The number of thioether (sulfide) groups is 1. The predicted molar refractivity (Wildman–Crippen MR) is 280 cm³/mol. The van der Waals surface area contributed by atoms with Crippen molar-refractivity contribution in [2.45, 2.75) is 72.0 Å². The van der Waals surface area contributed by atoms with Gasteiger partial charge in [-0.15, -0.1) is 11.8 Å². The number of carbonyl (C=O) groups is 1. The highest BCUT2D eigenvalue weighted by molar-refractivity contribution is 7.99. The molecule has 0 spiro atoms. The first kappa shape index (κ1) is 52.6. The Morgan fingerprint density at radius 3 is 2.08 bits per heavy atom. The molecule has 5 aromatic carbocycles. The fourth-order valence-corrected chi connectivity index (χ4v) is 12.6. The van der Waals surface area contributed by atoms with Gasteiger partial charge in [-0.3, -0.25) is 4.72 Å². The van der Waals surface area contributed by atoms with Gasteiger partial charge in [0.25, 0.3) is 19.9 Å². The molecule has 4 N–H and O–H groups in total. The van der Waals surface area contributed by atoms with Crippen molar-refractivity contribution in [3.8, 4) is 22.4 Å². The molecule has 1 unspecified atom stereocenters. The van der Waals surface area contributed by atoms with Crippen molar-refractivity contribution in [2.75, 3.05) is 71.4 Å². The average molecular weight is 1070 g/mol. The molecule has 2 fully saturated rings.